The fourth-order valence-corrected chi connectivity index (χ4v) is 1.66. The summed E-state index contributed by atoms with van der Waals surface area (Å²) in [6.45, 7) is 4.05. The second-order valence-electron chi connectivity index (χ2n) is 3.51. The Balaban J connectivity index is 2.91. The van der Waals surface area contributed by atoms with Gasteiger partial charge >= 0.3 is 0 Å². The lowest BCUT2D eigenvalue weighted by Crippen LogP contribution is -2.05. The average molecular weight is 187 g/mol. The van der Waals surface area contributed by atoms with Crippen molar-refractivity contribution in [2.75, 3.05) is 0 Å². The molecule has 0 fully saturated rings. The van der Waals surface area contributed by atoms with Gasteiger partial charge in [-0.1, -0.05) is 19.1 Å². The van der Waals surface area contributed by atoms with Crippen LogP contribution in [0.2, 0.25) is 0 Å². The van der Waals surface area contributed by atoms with Gasteiger partial charge in [-0.15, -0.1) is 0 Å². The molecule has 0 saturated carbocycles. The van der Waals surface area contributed by atoms with E-state index >= 15 is 0 Å². The molecule has 0 amide bonds. The van der Waals surface area contributed by atoms with Crippen LogP contribution in [0.1, 0.15) is 18.2 Å². The Labute approximate surface area is 82.6 Å². The van der Waals surface area contributed by atoms with Crippen LogP contribution in [-0.2, 0) is 6.42 Å². The van der Waals surface area contributed by atoms with Crippen LogP contribution in [0.15, 0.2) is 29.1 Å². The number of pyridine rings is 1. The Morgan fingerprint density at radius 2 is 2.14 bits per heavy atom. The van der Waals surface area contributed by atoms with Gasteiger partial charge in [0, 0.05) is 17.1 Å². The number of hydrogen-bond donors (Lipinski definition) is 1. The van der Waals surface area contributed by atoms with E-state index in [9.17, 15) is 4.79 Å². The highest BCUT2D eigenvalue weighted by molar-refractivity contribution is 5.81. The van der Waals surface area contributed by atoms with Crippen molar-refractivity contribution < 1.29 is 0 Å². The fourth-order valence-electron chi connectivity index (χ4n) is 1.66. The molecule has 0 atom stereocenters. The predicted octanol–water partition coefficient (Wildman–Crippen LogP) is 2.40. The van der Waals surface area contributed by atoms with E-state index in [1.807, 2.05) is 32.0 Å². The van der Waals surface area contributed by atoms with Crippen LogP contribution >= 0.6 is 0 Å². The van der Waals surface area contributed by atoms with Gasteiger partial charge in [0.15, 0.2) is 5.43 Å². The number of para-hydroxylation sites is 1. The summed E-state index contributed by atoms with van der Waals surface area (Å²) in [5, 5.41) is 0.780. The van der Waals surface area contributed by atoms with Crippen LogP contribution in [0, 0.1) is 6.92 Å². The number of aromatic amines is 1. The maximum atomic E-state index is 11.7. The summed E-state index contributed by atoms with van der Waals surface area (Å²) >= 11 is 0. The first-order valence-corrected chi connectivity index (χ1v) is 4.84. The molecule has 1 aromatic carbocycles. The lowest BCUT2D eigenvalue weighted by atomic mass is 10.1. The van der Waals surface area contributed by atoms with Crippen LogP contribution in [0.25, 0.3) is 10.9 Å². The second-order valence-corrected chi connectivity index (χ2v) is 3.51. The van der Waals surface area contributed by atoms with Crippen LogP contribution in [0.3, 0.4) is 0 Å². The van der Waals surface area contributed by atoms with E-state index in [4.69, 9.17) is 0 Å². The molecule has 1 N–H and O–H groups in total. The van der Waals surface area contributed by atoms with E-state index in [1.54, 1.807) is 6.07 Å². The summed E-state index contributed by atoms with van der Waals surface area (Å²) in [6, 6.07) is 7.47. The molecule has 1 aromatic heterocycles. The third kappa shape index (κ3) is 1.33. The Bertz CT molecular complexity index is 525. The molecule has 0 radical (unpaired) electrons. The van der Waals surface area contributed by atoms with Gasteiger partial charge in [-0.2, -0.15) is 0 Å². The number of aromatic nitrogens is 1. The van der Waals surface area contributed by atoms with Crippen molar-refractivity contribution >= 4 is 10.9 Å². The lowest BCUT2D eigenvalue weighted by Gasteiger charge is -2.04. The first-order chi connectivity index (χ1) is 6.72. The molecule has 0 unspecified atom stereocenters. The fraction of sp³-hybridized carbons (Fsp3) is 0.250. The summed E-state index contributed by atoms with van der Waals surface area (Å²) in [6.07, 6.45) is 0.861. The van der Waals surface area contributed by atoms with Gasteiger partial charge in [0.2, 0.25) is 0 Å². The van der Waals surface area contributed by atoms with E-state index < -0.39 is 0 Å². The zero-order valence-corrected chi connectivity index (χ0v) is 8.42. The number of hydrogen-bond acceptors (Lipinski definition) is 1. The molecule has 0 spiro atoms. The summed E-state index contributed by atoms with van der Waals surface area (Å²) < 4.78 is 0. The predicted molar refractivity (Wildman–Crippen MR) is 58.7 cm³/mol. The molecule has 0 saturated heterocycles. The number of nitrogens with one attached hydrogen (secondary N) is 1. The molecule has 0 aliphatic heterocycles. The quantitative estimate of drug-likeness (QED) is 0.730. The first-order valence-electron chi connectivity index (χ1n) is 4.84. The molecule has 1 heterocycles. The van der Waals surface area contributed by atoms with Crippen molar-refractivity contribution in [2.45, 2.75) is 20.3 Å². The summed E-state index contributed by atoms with van der Waals surface area (Å²) in [7, 11) is 0. The van der Waals surface area contributed by atoms with Crippen molar-refractivity contribution in [3.63, 3.8) is 0 Å². The summed E-state index contributed by atoms with van der Waals surface area (Å²) in [4.78, 5) is 15.0. The van der Waals surface area contributed by atoms with Gasteiger partial charge in [-0.05, 0) is 25.0 Å². The van der Waals surface area contributed by atoms with Gasteiger partial charge in [0.1, 0.15) is 0 Å². The largest absolute Gasteiger partial charge is 0.358 e. The highest BCUT2D eigenvalue weighted by Crippen LogP contribution is 2.12. The molecule has 14 heavy (non-hydrogen) atoms. The molecule has 2 heteroatoms. The SMILES string of the molecule is CCc1cc(=O)c2cccc(C)c2[nH]1. The minimum Gasteiger partial charge on any atom is -0.358 e. The maximum absolute atomic E-state index is 11.7. The number of aryl methyl sites for hydroxylation is 2. The Morgan fingerprint density at radius 1 is 1.36 bits per heavy atom. The van der Waals surface area contributed by atoms with Crippen LogP contribution in [-0.4, -0.2) is 4.98 Å². The van der Waals surface area contributed by atoms with Crippen LogP contribution in [0.4, 0.5) is 0 Å². The zero-order valence-electron chi connectivity index (χ0n) is 8.42. The summed E-state index contributed by atoms with van der Waals surface area (Å²) in [5.41, 5.74) is 3.20. The molecule has 0 bridgehead atoms. The number of fused-ring (bicyclic) bond motifs is 1. The van der Waals surface area contributed by atoms with Gasteiger partial charge in [-0.3, -0.25) is 4.79 Å². The highest BCUT2D eigenvalue weighted by atomic mass is 16.1. The van der Waals surface area contributed by atoms with Crippen molar-refractivity contribution in [1.29, 1.82) is 0 Å². The highest BCUT2D eigenvalue weighted by Gasteiger charge is 2.02. The summed E-state index contributed by atoms with van der Waals surface area (Å²) in [5.74, 6) is 0. The molecule has 2 aromatic rings. The first kappa shape index (κ1) is 9.00. The molecule has 0 aliphatic carbocycles. The van der Waals surface area contributed by atoms with Gasteiger partial charge < -0.3 is 4.98 Å². The van der Waals surface area contributed by atoms with E-state index in [0.29, 0.717) is 0 Å². The smallest absolute Gasteiger partial charge is 0.189 e. The topological polar surface area (TPSA) is 32.9 Å². The van der Waals surface area contributed by atoms with Gasteiger partial charge in [0.05, 0.1) is 5.52 Å². The van der Waals surface area contributed by atoms with E-state index in [-0.39, 0.29) is 5.43 Å². The molecule has 2 rings (SSSR count). The van der Waals surface area contributed by atoms with Crippen LogP contribution < -0.4 is 5.43 Å². The van der Waals surface area contributed by atoms with Crippen molar-refractivity contribution in [3.8, 4) is 0 Å². The number of benzene rings is 1. The van der Waals surface area contributed by atoms with Crippen molar-refractivity contribution in [2.24, 2.45) is 0 Å². The molecule has 0 aliphatic rings. The normalized spacial score (nSPS) is 10.7. The minimum absolute atomic E-state index is 0.110. The minimum atomic E-state index is 0.110. The molecule has 72 valence electrons. The number of H-pyrrole nitrogens is 1. The zero-order chi connectivity index (χ0) is 10.1. The van der Waals surface area contributed by atoms with Crippen molar-refractivity contribution in [1.82, 2.24) is 4.98 Å². The Kier molecular flexibility index (Phi) is 2.12. The van der Waals surface area contributed by atoms with Crippen LogP contribution in [0.5, 0.6) is 0 Å². The van der Waals surface area contributed by atoms with E-state index in [1.165, 1.54) is 0 Å². The molecule has 2 nitrogen and oxygen atoms in total. The van der Waals surface area contributed by atoms with Gasteiger partial charge in [-0.25, -0.2) is 0 Å². The number of rotatable bonds is 1. The standard InChI is InChI=1S/C12H13NO/c1-3-9-7-11(14)10-6-4-5-8(2)12(10)13-9/h4-7H,3H2,1-2H3,(H,13,14). The Hall–Kier alpha value is -1.57. The third-order valence-corrected chi connectivity index (χ3v) is 2.51. The molecular weight excluding hydrogens is 174 g/mol. The monoisotopic (exact) mass is 187 g/mol. The second kappa shape index (κ2) is 3.29. The average Bonchev–Trinajstić information content (AvgIpc) is 2.19. The maximum Gasteiger partial charge on any atom is 0.189 e. The lowest BCUT2D eigenvalue weighted by molar-refractivity contribution is 1.05. The van der Waals surface area contributed by atoms with Crippen molar-refractivity contribution in [3.05, 3.63) is 45.7 Å². The Morgan fingerprint density at radius 3 is 2.86 bits per heavy atom. The van der Waals surface area contributed by atoms with E-state index in [2.05, 4.69) is 4.98 Å². The molecular formula is C12H13NO. The third-order valence-electron chi connectivity index (χ3n) is 2.51. The van der Waals surface area contributed by atoms with Gasteiger partial charge in [0.25, 0.3) is 0 Å². The van der Waals surface area contributed by atoms with E-state index in [0.717, 1.165) is 28.6 Å².